The molecule has 2 aromatic heterocycles. The van der Waals surface area contributed by atoms with E-state index < -0.39 is 0 Å². The number of pyridine rings is 1. The van der Waals surface area contributed by atoms with Crippen molar-refractivity contribution >= 4 is 33.8 Å². The quantitative estimate of drug-likeness (QED) is 0.443. The van der Waals surface area contributed by atoms with Gasteiger partial charge in [-0.3, -0.25) is 4.79 Å². The molecule has 0 spiro atoms. The first-order valence-corrected chi connectivity index (χ1v) is 8.66. The van der Waals surface area contributed by atoms with Crippen LogP contribution >= 0.6 is 22.9 Å². The van der Waals surface area contributed by atoms with Gasteiger partial charge in [0.1, 0.15) is 5.82 Å². The first kappa shape index (κ1) is 16.0. The minimum Gasteiger partial charge on any atom is -0.304 e. The van der Waals surface area contributed by atoms with Gasteiger partial charge in [-0.2, -0.15) is 5.10 Å². The maximum Gasteiger partial charge on any atom is 0.251 e. The van der Waals surface area contributed by atoms with Gasteiger partial charge in [0.05, 0.1) is 41.1 Å². The molecule has 0 saturated carbocycles. The highest BCUT2D eigenvalue weighted by atomic mass is 127. The van der Waals surface area contributed by atoms with Gasteiger partial charge in [-0.25, -0.2) is 7.29 Å². The lowest BCUT2D eigenvalue weighted by molar-refractivity contribution is 0.600. The van der Waals surface area contributed by atoms with E-state index in [4.69, 9.17) is 0 Å². The Labute approximate surface area is 157 Å². The summed E-state index contributed by atoms with van der Waals surface area (Å²) in [6.07, 6.45) is 3.51. The Morgan fingerprint density at radius 2 is 1.88 bits per heavy atom. The zero-order valence-corrected chi connectivity index (χ0v) is 15.2. The number of nitrogens with zero attached hydrogens (tertiary/aromatic N) is 3. The average Bonchev–Trinajstić information content (AvgIpc) is 3.05. The second-order valence-electron chi connectivity index (χ2n) is 5.74. The van der Waals surface area contributed by atoms with Gasteiger partial charge in [0.15, 0.2) is 0 Å². The predicted octanol–water partition coefficient (Wildman–Crippen LogP) is 4.25. The van der Waals surface area contributed by atoms with Gasteiger partial charge in [-0.1, -0.05) is 30.3 Å². The van der Waals surface area contributed by atoms with Crippen molar-refractivity contribution in [2.75, 3.05) is 0 Å². The molecule has 4 aromatic rings. The molecule has 0 bridgehead atoms. The average molecular weight is 445 g/mol. The highest BCUT2D eigenvalue weighted by Crippen LogP contribution is 2.23. The van der Waals surface area contributed by atoms with E-state index in [0.717, 1.165) is 22.0 Å². The monoisotopic (exact) mass is 445 g/mol. The Kier molecular flexibility index (Phi) is 4.12. The molecule has 6 heteroatoms. The summed E-state index contributed by atoms with van der Waals surface area (Å²) >= 11 is 2.04. The van der Waals surface area contributed by atoms with Crippen molar-refractivity contribution in [3.63, 3.8) is 0 Å². The third kappa shape index (κ3) is 3.09. The predicted molar refractivity (Wildman–Crippen MR) is 104 cm³/mol. The molecule has 0 atom stereocenters. The van der Waals surface area contributed by atoms with Crippen molar-refractivity contribution < 1.29 is 4.39 Å². The fraction of sp³-hybridized carbons (Fsp3) is 0.0526. The van der Waals surface area contributed by atoms with Gasteiger partial charge in [0.25, 0.3) is 5.56 Å². The van der Waals surface area contributed by atoms with Gasteiger partial charge >= 0.3 is 0 Å². The number of hydrogen-bond acceptors (Lipinski definition) is 2. The molecular formula is C19H13FIN3O. The molecule has 0 saturated heterocycles. The molecule has 2 heterocycles. The third-order valence-corrected chi connectivity index (χ3v) is 4.69. The number of benzene rings is 2. The summed E-state index contributed by atoms with van der Waals surface area (Å²) in [7, 11) is 0. The maximum atomic E-state index is 14.6. The molecule has 0 unspecified atom stereocenters. The summed E-state index contributed by atoms with van der Waals surface area (Å²) in [5, 5.41) is 5.05. The van der Waals surface area contributed by atoms with Crippen LogP contribution in [0.15, 0.2) is 71.8 Å². The van der Waals surface area contributed by atoms with Gasteiger partial charge < -0.3 is 4.57 Å². The molecule has 0 N–H and O–H groups in total. The van der Waals surface area contributed by atoms with Crippen molar-refractivity contribution in [3.05, 3.63) is 88.7 Å². The lowest BCUT2D eigenvalue weighted by atomic mass is 10.1. The Morgan fingerprint density at radius 1 is 1.04 bits per heavy atom. The molecule has 0 amide bonds. The van der Waals surface area contributed by atoms with Crippen molar-refractivity contribution in [3.8, 4) is 11.1 Å². The molecule has 0 radical (unpaired) electrons. The summed E-state index contributed by atoms with van der Waals surface area (Å²) in [4.78, 5) is 12.3. The molecule has 4 nitrogen and oxygen atoms in total. The molecule has 0 aliphatic heterocycles. The second kappa shape index (κ2) is 6.44. The van der Waals surface area contributed by atoms with Gasteiger partial charge in [-0.05, 0) is 29.1 Å². The van der Waals surface area contributed by atoms with Crippen LogP contribution < -0.4 is 5.56 Å². The third-order valence-electron chi connectivity index (χ3n) is 4.17. The van der Waals surface area contributed by atoms with Crippen LogP contribution in [0.3, 0.4) is 0 Å². The molecule has 25 heavy (non-hydrogen) atoms. The highest BCUT2D eigenvalue weighted by molar-refractivity contribution is 14.1. The smallest absolute Gasteiger partial charge is 0.251 e. The van der Waals surface area contributed by atoms with E-state index >= 15 is 0 Å². The number of aromatic nitrogens is 3. The van der Waals surface area contributed by atoms with Crippen LogP contribution in [0.4, 0.5) is 4.39 Å². The minimum atomic E-state index is -0.335. The first-order valence-electron chi connectivity index (χ1n) is 7.70. The highest BCUT2D eigenvalue weighted by Gasteiger charge is 2.10. The molecule has 2 aromatic carbocycles. The van der Waals surface area contributed by atoms with E-state index in [-0.39, 0.29) is 17.9 Å². The maximum absolute atomic E-state index is 14.6. The van der Waals surface area contributed by atoms with Gasteiger partial charge in [0.2, 0.25) is 0 Å². The molecule has 0 fully saturated rings. The molecular weight excluding hydrogens is 432 g/mol. The van der Waals surface area contributed by atoms with Crippen molar-refractivity contribution in [1.29, 1.82) is 0 Å². The molecule has 0 aliphatic rings. The van der Waals surface area contributed by atoms with Crippen LogP contribution in [0.25, 0.3) is 22.0 Å². The standard InChI is InChI=1S/C19H13FIN3O/c20-17-9-14(16-10-22-24(21)12-16)5-6-15(17)11-23-18-4-2-1-3-13(18)7-8-19(23)25/h1-10,12H,11H2. The number of halogens is 2. The zero-order valence-electron chi connectivity index (χ0n) is 13.1. The number of para-hydroxylation sites is 1. The van der Waals surface area contributed by atoms with Crippen molar-refractivity contribution in [2.45, 2.75) is 6.54 Å². The topological polar surface area (TPSA) is 39.8 Å². The van der Waals surface area contributed by atoms with Crippen LogP contribution in [-0.4, -0.2) is 12.6 Å². The molecule has 0 aliphatic carbocycles. The SMILES string of the molecule is O=c1ccc2ccccc2n1Cc1ccc(-c2cnn(I)c2)cc1F. The van der Waals surface area contributed by atoms with Gasteiger partial charge in [-0.15, -0.1) is 0 Å². The minimum absolute atomic E-state index is 0.145. The molecule has 124 valence electrons. The van der Waals surface area contributed by atoms with E-state index in [1.54, 1.807) is 25.8 Å². The first-order chi connectivity index (χ1) is 12.1. The number of hydrogen-bond donors (Lipinski definition) is 0. The van der Waals surface area contributed by atoms with E-state index in [0.29, 0.717) is 5.56 Å². The summed E-state index contributed by atoms with van der Waals surface area (Å²) < 4.78 is 17.9. The summed E-state index contributed by atoms with van der Waals surface area (Å²) in [6.45, 7) is 0.192. The normalized spacial score (nSPS) is 11.1. The Morgan fingerprint density at radius 3 is 2.64 bits per heavy atom. The lowest BCUT2D eigenvalue weighted by Crippen LogP contribution is -2.20. The van der Waals surface area contributed by atoms with Crippen LogP contribution in [0.5, 0.6) is 0 Å². The summed E-state index contributed by atoms with van der Waals surface area (Å²) in [5.74, 6) is -0.335. The number of fused-ring (bicyclic) bond motifs is 1. The fourth-order valence-electron chi connectivity index (χ4n) is 2.88. The van der Waals surface area contributed by atoms with E-state index in [2.05, 4.69) is 5.10 Å². The van der Waals surface area contributed by atoms with Crippen LogP contribution in [0, 0.1) is 5.82 Å². The number of rotatable bonds is 3. The summed E-state index contributed by atoms with van der Waals surface area (Å²) in [6, 6.07) is 16.0. The van der Waals surface area contributed by atoms with Crippen LogP contribution in [-0.2, 0) is 6.54 Å². The van der Waals surface area contributed by atoms with Crippen molar-refractivity contribution in [2.24, 2.45) is 0 Å². The van der Waals surface area contributed by atoms with E-state index in [1.165, 1.54) is 12.1 Å². The van der Waals surface area contributed by atoms with Crippen molar-refractivity contribution in [1.82, 2.24) is 12.6 Å². The van der Waals surface area contributed by atoms with E-state index in [9.17, 15) is 9.18 Å². The van der Waals surface area contributed by atoms with E-state index in [1.807, 2.05) is 59.4 Å². The Hall–Kier alpha value is -2.48. The Bertz CT molecular complexity index is 1130. The summed E-state index contributed by atoms with van der Waals surface area (Å²) in [5.41, 5.74) is 2.73. The van der Waals surface area contributed by atoms with Crippen LogP contribution in [0.2, 0.25) is 0 Å². The Balaban J connectivity index is 1.75. The zero-order chi connectivity index (χ0) is 17.4. The second-order valence-corrected chi connectivity index (χ2v) is 6.73. The van der Waals surface area contributed by atoms with Crippen LogP contribution in [0.1, 0.15) is 5.56 Å². The largest absolute Gasteiger partial charge is 0.304 e. The van der Waals surface area contributed by atoms with Gasteiger partial charge in [0, 0.05) is 23.4 Å². The molecule has 4 rings (SSSR count). The lowest BCUT2D eigenvalue weighted by Gasteiger charge is -2.11. The fourth-order valence-corrected chi connectivity index (χ4v) is 3.31.